The molecule has 0 bridgehead atoms. The molecule has 0 spiro atoms. The number of benzene rings is 2. The van der Waals surface area contributed by atoms with Gasteiger partial charge in [0.2, 0.25) is 11.8 Å². The van der Waals surface area contributed by atoms with Gasteiger partial charge in [-0.05, 0) is 42.3 Å². The van der Waals surface area contributed by atoms with E-state index in [2.05, 4.69) is 10.6 Å². The number of fused-ring (bicyclic) bond motifs is 2. The summed E-state index contributed by atoms with van der Waals surface area (Å²) in [5.41, 5.74) is 2.92. The van der Waals surface area contributed by atoms with E-state index in [-0.39, 0.29) is 43.7 Å². The SMILES string of the molecule is COc1cccc2c1OCC(NC(=O)c1ccc3c(c1)CN(C1CCC(=O)NC1=O)C3=O)=C2. The number of para-hydroxylation sites is 1. The Morgan fingerprint density at radius 1 is 1.21 bits per heavy atom. The van der Waals surface area contributed by atoms with E-state index in [4.69, 9.17) is 9.47 Å². The Morgan fingerprint density at radius 2 is 2.06 bits per heavy atom. The predicted molar refractivity (Wildman–Crippen MR) is 116 cm³/mol. The minimum Gasteiger partial charge on any atom is -0.493 e. The molecule has 1 atom stereocenters. The Balaban J connectivity index is 1.32. The number of methoxy groups -OCH3 is 1. The first-order valence-electron chi connectivity index (χ1n) is 10.5. The van der Waals surface area contributed by atoms with Crippen LogP contribution >= 0.6 is 0 Å². The van der Waals surface area contributed by atoms with Gasteiger partial charge in [0, 0.05) is 29.7 Å². The fraction of sp³-hybridized carbons (Fsp3) is 0.250. The average Bonchev–Trinajstić information content (AvgIpc) is 3.14. The van der Waals surface area contributed by atoms with Crippen LogP contribution in [-0.2, 0) is 16.1 Å². The van der Waals surface area contributed by atoms with Crippen molar-refractivity contribution in [3.05, 3.63) is 64.3 Å². The number of imide groups is 1. The second-order valence-electron chi connectivity index (χ2n) is 8.06. The zero-order valence-corrected chi connectivity index (χ0v) is 17.8. The van der Waals surface area contributed by atoms with Crippen LogP contribution in [0.3, 0.4) is 0 Å². The first-order valence-corrected chi connectivity index (χ1v) is 10.5. The van der Waals surface area contributed by atoms with Crippen molar-refractivity contribution < 1.29 is 28.7 Å². The molecule has 3 heterocycles. The lowest BCUT2D eigenvalue weighted by Crippen LogP contribution is -2.52. The van der Waals surface area contributed by atoms with Crippen molar-refractivity contribution in [2.24, 2.45) is 0 Å². The van der Waals surface area contributed by atoms with Crippen LogP contribution < -0.4 is 20.1 Å². The Morgan fingerprint density at radius 3 is 2.85 bits per heavy atom. The van der Waals surface area contributed by atoms with Crippen molar-refractivity contribution in [2.75, 3.05) is 13.7 Å². The largest absolute Gasteiger partial charge is 0.493 e. The molecule has 3 aliphatic rings. The molecule has 5 rings (SSSR count). The third kappa shape index (κ3) is 3.71. The number of nitrogens with zero attached hydrogens (tertiary/aromatic N) is 1. The number of hydrogen-bond donors (Lipinski definition) is 2. The number of carbonyl (C=O) groups excluding carboxylic acids is 4. The minimum absolute atomic E-state index is 0.186. The van der Waals surface area contributed by atoms with Crippen LogP contribution in [0.15, 0.2) is 42.1 Å². The van der Waals surface area contributed by atoms with Crippen LogP contribution in [0.1, 0.15) is 44.7 Å². The first kappa shape index (κ1) is 20.7. The highest BCUT2D eigenvalue weighted by molar-refractivity contribution is 6.06. The van der Waals surface area contributed by atoms with E-state index >= 15 is 0 Å². The van der Waals surface area contributed by atoms with Crippen molar-refractivity contribution in [3.63, 3.8) is 0 Å². The summed E-state index contributed by atoms with van der Waals surface area (Å²) in [6.45, 7) is 0.395. The lowest BCUT2D eigenvalue weighted by atomic mass is 10.0. The summed E-state index contributed by atoms with van der Waals surface area (Å²) in [5, 5.41) is 5.14. The number of piperidine rings is 1. The number of hydrogen-bond acceptors (Lipinski definition) is 6. The Labute approximate surface area is 189 Å². The van der Waals surface area contributed by atoms with Gasteiger partial charge in [-0.25, -0.2) is 0 Å². The normalized spacial score (nSPS) is 19.2. The zero-order valence-electron chi connectivity index (χ0n) is 17.8. The van der Waals surface area contributed by atoms with E-state index < -0.39 is 11.9 Å². The molecule has 4 amide bonds. The van der Waals surface area contributed by atoms with Crippen LogP contribution in [0.5, 0.6) is 11.5 Å². The summed E-state index contributed by atoms with van der Waals surface area (Å²) in [5.74, 6) is -0.153. The molecule has 9 heteroatoms. The highest BCUT2D eigenvalue weighted by Crippen LogP contribution is 2.35. The number of rotatable bonds is 4. The van der Waals surface area contributed by atoms with Gasteiger partial charge < -0.3 is 19.7 Å². The quantitative estimate of drug-likeness (QED) is 0.689. The van der Waals surface area contributed by atoms with Crippen LogP contribution in [-0.4, -0.2) is 48.3 Å². The van der Waals surface area contributed by atoms with E-state index in [1.807, 2.05) is 18.2 Å². The minimum atomic E-state index is -0.693. The Kier molecular flexibility index (Phi) is 5.08. The molecule has 0 aromatic heterocycles. The van der Waals surface area contributed by atoms with Crippen LogP contribution in [0.2, 0.25) is 0 Å². The predicted octanol–water partition coefficient (Wildman–Crippen LogP) is 1.62. The maximum absolute atomic E-state index is 12.9. The first-order chi connectivity index (χ1) is 15.9. The third-order valence-corrected chi connectivity index (χ3v) is 5.99. The van der Waals surface area contributed by atoms with Crippen LogP contribution in [0.4, 0.5) is 0 Å². The standard InChI is InChI=1S/C24H21N3O6/c1-32-19-4-2-3-13-10-16(12-33-21(13)19)25-22(29)14-5-6-17-15(9-14)11-27(24(17)31)18-7-8-20(28)26-23(18)30/h2-6,9-10,18H,7-8,11-12H2,1H3,(H,25,29)(H,26,28,30). The molecule has 0 radical (unpaired) electrons. The third-order valence-electron chi connectivity index (χ3n) is 5.99. The topological polar surface area (TPSA) is 114 Å². The van der Waals surface area contributed by atoms with Gasteiger partial charge in [-0.1, -0.05) is 12.1 Å². The molecule has 0 saturated carbocycles. The molecular weight excluding hydrogens is 426 g/mol. The van der Waals surface area contributed by atoms with E-state index in [9.17, 15) is 19.2 Å². The lowest BCUT2D eigenvalue weighted by Gasteiger charge is -2.29. The van der Waals surface area contributed by atoms with Crippen molar-refractivity contribution in [2.45, 2.75) is 25.4 Å². The van der Waals surface area contributed by atoms with Gasteiger partial charge in [-0.2, -0.15) is 0 Å². The summed E-state index contributed by atoms with van der Waals surface area (Å²) in [6, 6.07) is 9.67. The fourth-order valence-electron chi connectivity index (χ4n) is 4.35. The molecule has 2 N–H and O–H groups in total. The molecule has 2 aromatic rings. The van der Waals surface area contributed by atoms with Gasteiger partial charge in [-0.15, -0.1) is 0 Å². The summed E-state index contributed by atoms with van der Waals surface area (Å²) in [6.07, 6.45) is 2.31. The number of carbonyl (C=O) groups is 4. The maximum Gasteiger partial charge on any atom is 0.255 e. The van der Waals surface area contributed by atoms with E-state index in [0.717, 1.165) is 5.56 Å². The van der Waals surface area contributed by atoms with Crippen molar-refractivity contribution in [1.29, 1.82) is 0 Å². The van der Waals surface area contributed by atoms with E-state index in [1.54, 1.807) is 31.4 Å². The fourth-order valence-corrected chi connectivity index (χ4v) is 4.35. The van der Waals surface area contributed by atoms with Gasteiger partial charge in [0.1, 0.15) is 12.6 Å². The van der Waals surface area contributed by atoms with Gasteiger partial charge in [0.25, 0.3) is 11.8 Å². The summed E-state index contributed by atoms with van der Waals surface area (Å²) in [4.78, 5) is 50.8. The monoisotopic (exact) mass is 447 g/mol. The van der Waals surface area contributed by atoms with Gasteiger partial charge >= 0.3 is 0 Å². The van der Waals surface area contributed by atoms with Crippen LogP contribution in [0, 0.1) is 0 Å². The Hall–Kier alpha value is -4.14. The summed E-state index contributed by atoms with van der Waals surface area (Å²) < 4.78 is 11.1. The molecule has 3 aliphatic heterocycles. The number of amides is 4. The summed E-state index contributed by atoms with van der Waals surface area (Å²) in [7, 11) is 1.57. The van der Waals surface area contributed by atoms with Crippen molar-refractivity contribution in [1.82, 2.24) is 15.5 Å². The molecular formula is C24H21N3O6. The van der Waals surface area contributed by atoms with Gasteiger partial charge in [-0.3, -0.25) is 24.5 Å². The van der Waals surface area contributed by atoms with Crippen LogP contribution in [0.25, 0.3) is 6.08 Å². The molecule has 1 unspecified atom stereocenters. The molecule has 9 nitrogen and oxygen atoms in total. The second-order valence-corrected chi connectivity index (χ2v) is 8.06. The Bertz CT molecular complexity index is 1230. The molecule has 2 aromatic carbocycles. The van der Waals surface area contributed by atoms with Gasteiger partial charge in [0.15, 0.2) is 11.5 Å². The molecule has 33 heavy (non-hydrogen) atoms. The highest BCUT2D eigenvalue weighted by Gasteiger charge is 2.39. The highest BCUT2D eigenvalue weighted by atomic mass is 16.5. The lowest BCUT2D eigenvalue weighted by molar-refractivity contribution is -0.136. The number of nitrogens with one attached hydrogen (secondary N) is 2. The zero-order chi connectivity index (χ0) is 23.1. The van der Waals surface area contributed by atoms with Gasteiger partial charge in [0.05, 0.1) is 12.8 Å². The van der Waals surface area contributed by atoms with Crippen molar-refractivity contribution >= 4 is 29.7 Å². The molecule has 1 saturated heterocycles. The molecule has 1 fully saturated rings. The molecule has 168 valence electrons. The maximum atomic E-state index is 12.9. The average molecular weight is 447 g/mol. The smallest absolute Gasteiger partial charge is 0.255 e. The summed E-state index contributed by atoms with van der Waals surface area (Å²) >= 11 is 0. The van der Waals surface area contributed by atoms with Crippen molar-refractivity contribution in [3.8, 4) is 11.5 Å². The second kappa shape index (κ2) is 8.09. The van der Waals surface area contributed by atoms with E-state index in [0.29, 0.717) is 33.9 Å². The molecule has 0 aliphatic carbocycles. The van der Waals surface area contributed by atoms with E-state index in [1.165, 1.54) is 4.90 Å². The number of ether oxygens (including phenoxy) is 2.